The lowest BCUT2D eigenvalue weighted by Gasteiger charge is -2.10. The first-order valence-corrected chi connectivity index (χ1v) is 7.95. The Morgan fingerprint density at radius 1 is 1.08 bits per heavy atom. The van der Waals surface area contributed by atoms with Crippen LogP contribution in [0.15, 0.2) is 48.5 Å². The number of carbonyl (C=O) groups excluding carboxylic acids is 2. The van der Waals surface area contributed by atoms with E-state index in [9.17, 15) is 19.7 Å². The summed E-state index contributed by atoms with van der Waals surface area (Å²) in [7, 11) is 0. The van der Waals surface area contributed by atoms with Crippen molar-refractivity contribution in [3.63, 3.8) is 0 Å². The molecule has 0 aliphatic carbocycles. The molecule has 0 bridgehead atoms. The van der Waals surface area contributed by atoms with Crippen LogP contribution in [0.25, 0.3) is 0 Å². The average Bonchev–Trinajstić information content (AvgIpc) is 2.60. The maximum Gasteiger partial charge on any atom is 0.411 e. The second kappa shape index (κ2) is 8.61. The zero-order valence-corrected chi connectivity index (χ0v) is 14.4. The number of benzene rings is 2. The summed E-state index contributed by atoms with van der Waals surface area (Å²) < 4.78 is 5.03. The molecule has 2 aromatic carbocycles. The molecule has 0 radical (unpaired) electrons. The molecular weight excluding hydrogens is 338 g/mol. The lowest BCUT2D eigenvalue weighted by Crippen LogP contribution is -2.17. The number of carbonyl (C=O) groups is 2. The molecule has 2 rings (SSSR count). The van der Waals surface area contributed by atoms with Crippen LogP contribution in [0.5, 0.6) is 0 Å². The standard InChI is InChI=1S/C18H19N3O5/c1-12(2)11-26-18(23)20-14-7-5-6-13(10-14)19-17(22)15-8-3-4-9-16(15)21(24)25/h3-10,12H,11H2,1-2H3,(H,19,22)(H,20,23). The summed E-state index contributed by atoms with van der Waals surface area (Å²) in [4.78, 5) is 34.4. The summed E-state index contributed by atoms with van der Waals surface area (Å²) in [6, 6.07) is 12.1. The van der Waals surface area contributed by atoms with E-state index in [0.717, 1.165) is 0 Å². The van der Waals surface area contributed by atoms with Crippen LogP contribution in [0.3, 0.4) is 0 Å². The number of anilines is 2. The van der Waals surface area contributed by atoms with Gasteiger partial charge in [-0.3, -0.25) is 20.2 Å². The molecule has 0 aliphatic rings. The van der Waals surface area contributed by atoms with Crippen molar-refractivity contribution in [3.05, 3.63) is 64.2 Å². The monoisotopic (exact) mass is 357 g/mol. The Balaban J connectivity index is 2.08. The topological polar surface area (TPSA) is 111 Å². The van der Waals surface area contributed by atoms with Gasteiger partial charge in [-0.2, -0.15) is 0 Å². The van der Waals surface area contributed by atoms with Crippen molar-refractivity contribution in [1.29, 1.82) is 0 Å². The van der Waals surface area contributed by atoms with Crippen LogP contribution in [-0.4, -0.2) is 23.5 Å². The summed E-state index contributed by atoms with van der Waals surface area (Å²) in [5.74, 6) is -0.398. The van der Waals surface area contributed by atoms with E-state index in [2.05, 4.69) is 10.6 Å². The second-order valence-electron chi connectivity index (χ2n) is 5.93. The predicted octanol–water partition coefficient (Wildman–Crippen LogP) is 4.05. The van der Waals surface area contributed by atoms with E-state index >= 15 is 0 Å². The van der Waals surface area contributed by atoms with Crippen LogP contribution in [0.2, 0.25) is 0 Å². The van der Waals surface area contributed by atoms with Gasteiger partial charge in [-0.05, 0) is 30.2 Å². The summed E-state index contributed by atoms with van der Waals surface area (Å²) in [5, 5.41) is 16.2. The van der Waals surface area contributed by atoms with E-state index in [1.807, 2.05) is 13.8 Å². The maximum absolute atomic E-state index is 12.3. The summed E-state index contributed by atoms with van der Waals surface area (Å²) in [6.07, 6.45) is -0.596. The molecule has 2 amide bonds. The smallest absolute Gasteiger partial charge is 0.411 e. The van der Waals surface area contributed by atoms with Crippen LogP contribution >= 0.6 is 0 Å². The van der Waals surface area contributed by atoms with E-state index in [1.165, 1.54) is 24.3 Å². The van der Waals surface area contributed by atoms with E-state index in [-0.39, 0.29) is 17.2 Å². The molecule has 0 saturated heterocycles. The number of rotatable bonds is 6. The first-order chi connectivity index (χ1) is 12.4. The third-order valence-electron chi connectivity index (χ3n) is 3.26. The Labute approximate surface area is 150 Å². The Morgan fingerprint density at radius 2 is 1.73 bits per heavy atom. The van der Waals surface area contributed by atoms with E-state index in [4.69, 9.17) is 4.74 Å². The van der Waals surface area contributed by atoms with Gasteiger partial charge in [0.25, 0.3) is 11.6 Å². The van der Waals surface area contributed by atoms with Crippen molar-refractivity contribution in [3.8, 4) is 0 Å². The van der Waals surface area contributed by atoms with Gasteiger partial charge in [0.1, 0.15) is 5.56 Å². The quantitative estimate of drug-likeness (QED) is 0.598. The van der Waals surface area contributed by atoms with Crippen molar-refractivity contribution in [2.75, 3.05) is 17.2 Å². The van der Waals surface area contributed by atoms with E-state index in [0.29, 0.717) is 18.0 Å². The highest BCUT2D eigenvalue weighted by Gasteiger charge is 2.19. The van der Waals surface area contributed by atoms with Crippen LogP contribution in [0, 0.1) is 16.0 Å². The first-order valence-electron chi connectivity index (χ1n) is 7.95. The van der Waals surface area contributed by atoms with Crippen LogP contribution in [0.4, 0.5) is 21.9 Å². The molecule has 136 valence electrons. The molecule has 2 N–H and O–H groups in total. The van der Waals surface area contributed by atoms with Crippen LogP contribution < -0.4 is 10.6 Å². The molecule has 0 aromatic heterocycles. The largest absolute Gasteiger partial charge is 0.449 e. The molecule has 8 heteroatoms. The number of nitro groups is 1. The van der Waals surface area contributed by atoms with Gasteiger partial charge in [-0.15, -0.1) is 0 Å². The number of nitrogens with one attached hydrogen (secondary N) is 2. The third kappa shape index (κ3) is 5.30. The van der Waals surface area contributed by atoms with Gasteiger partial charge in [0.15, 0.2) is 0 Å². The van der Waals surface area contributed by atoms with Crippen LogP contribution in [-0.2, 0) is 4.74 Å². The minimum atomic E-state index is -0.614. The number of para-hydroxylation sites is 1. The van der Waals surface area contributed by atoms with Crippen molar-refractivity contribution < 1.29 is 19.2 Å². The fourth-order valence-corrected chi connectivity index (χ4v) is 2.09. The number of hydrogen-bond donors (Lipinski definition) is 2. The van der Waals surface area contributed by atoms with Crippen molar-refractivity contribution in [2.24, 2.45) is 5.92 Å². The van der Waals surface area contributed by atoms with Gasteiger partial charge in [0.2, 0.25) is 0 Å². The Kier molecular flexibility index (Phi) is 6.26. The fraction of sp³-hybridized carbons (Fsp3) is 0.222. The Bertz CT molecular complexity index is 820. The highest BCUT2D eigenvalue weighted by molar-refractivity contribution is 6.07. The number of hydrogen-bond acceptors (Lipinski definition) is 5. The average molecular weight is 357 g/mol. The van der Waals surface area contributed by atoms with Crippen molar-refractivity contribution in [2.45, 2.75) is 13.8 Å². The number of amides is 2. The van der Waals surface area contributed by atoms with Gasteiger partial charge in [0, 0.05) is 17.4 Å². The summed E-state index contributed by atoms with van der Waals surface area (Å²) in [6.45, 7) is 4.14. The van der Waals surface area contributed by atoms with Crippen molar-refractivity contribution >= 4 is 29.1 Å². The zero-order chi connectivity index (χ0) is 19.1. The predicted molar refractivity (Wildman–Crippen MR) is 97.3 cm³/mol. The lowest BCUT2D eigenvalue weighted by atomic mass is 10.1. The molecule has 0 spiro atoms. The summed E-state index contributed by atoms with van der Waals surface area (Å²) in [5.41, 5.74) is 0.484. The molecule has 0 unspecified atom stereocenters. The van der Waals surface area contributed by atoms with Crippen molar-refractivity contribution in [1.82, 2.24) is 0 Å². The van der Waals surface area contributed by atoms with E-state index < -0.39 is 16.9 Å². The lowest BCUT2D eigenvalue weighted by molar-refractivity contribution is -0.385. The Morgan fingerprint density at radius 3 is 2.38 bits per heavy atom. The van der Waals surface area contributed by atoms with Gasteiger partial charge >= 0.3 is 6.09 Å². The number of ether oxygens (including phenoxy) is 1. The molecule has 0 saturated carbocycles. The maximum atomic E-state index is 12.3. The molecule has 0 heterocycles. The van der Waals surface area contributed by atoms with Crippen LogP contribution in [0.1, 0.15) is 24.2 Å². The molecule has 8 nitrogen and oxygen atoms in total. The SMILES string of the molecule is CC(C)COC(=O)Nc1cccc(NC(=O)c2ccccc2[N+](=O)[O-])c1. The molecule has 0 atom stereocenters. The fourth-order valence-electron chi connectivity index (χ4n) is 2.09. The molecule has 26 heavy (non-hydrogen) atoms. The first kappa shape index (κ1) is 18.9. The molecule has 0 aliphatic heterocycles. The normalized spacial score (nSPS) is 10.3. The minimum absolute atomic E-state index is 0.0489. The Hall–Kier alpha value is -3.42. The highest BCUT2D eigenvalue weighted by Crippen LogP contribution is 2.21. The highest BCUT2D eigenvalue weighted by atomic mass is 16.6. The zero-order valence-electron chi connectivity index (χ0n) is 14.4. The van der Waals surface area contributed by atoms with E-state index in [1.54, 1.807) is 24.3 Å². The third-order valence-corrected chi connectivity index (χ3v) is 3.26. The molecule has 0 fully saturated rings. The van der Waals surface area contributed by atoms with Gasteiger partial charge in [0.05, 0.1) is 11.5 Å². The van der Waals surface area contributed by atoms with Gasteiger partial charge in [-0.25, -0.2) is 4.79 Å². The van der Waals surface area contributed by atoms with Gasteiger partial charge in [-0.1, -0.05) is 32.0 Å². The second-order valence-corrected chi connectivity index (χ2v) is 5.93. The summed E-state index contributed by atoms with van der Waals surface area (Å²) >= 11 is 0. The molecule has 2 aromatic rings. The minimum Gasteiger partial charge on any atom is -0.449 e. The number of nitro benzene ring substituents is 1. The van der Waals surface area contributed by atoms with Gasteiger partial charge < -0.3 is 10.1 Å². The molecular formula is C18H19N3O5. The number of nitrogens with zero attached hydrogens (tertiary/aromatic N) is 1.